The highest BCUT2D eigenvalue weighted by Crippen LogP contribution is 2.32. The molecular weight excluding hydrogens is 214 g/mol. The molecule has 0 aromatic heterocycles. The Bertz CT molecular complexity index is 399. The van der Waals surface area contributed by atoms with Gasteiger partial charge in [-0.1, -0.05) is 12.1 Å². The highest BCUT2D eigenvalue weighted by molar-refractivity contribution is 5.40. The van der Waals surface area contributed by atoms with Crippen molar-refractivity contribution in [2.75, 3.05) is 19.8 Å². The summed E-state index contributed by atoms with van der Waals surface area (Å²) in [5.74, 6) is 1.59. The van der Waals surface area contributed by atoms with Crippen LogP contribution in [0, 0.1) is 5.92 Å². The molecule has 92 valence electrons. The van der Waals surface area contributed by atoms with Crippen LogP contribution in [-0.2, 0) is 11.2 Å². The van der Waals surface area contributed by atoms with Crippen LogP contribution in [0.2, 0.25) is 0 Å². The van der Waals surface area contributed by atoms with E-state index in [2.05, 4.69) is 18.2 Å². The van der Waals surface area contributed by atoms with Gasteiger partial charge in [0, 0.05) is 25.7 Å². The molecule has 17 heavy (non-hydrogen) atoms. The second kappa shape index (κ2) is 4.67. The first-order valence-electron chi connectivity index (χ1n) is 6.43. The third kappa shape index (κ3) is 2.17. The first kappa shape index (κ1) is 11.1. The zero-order valence-electron chi connectivity index (χ0n) is 10.0. The summed E-state index contributed by atoms with van der Waals surface area (Å²) in [5.41, 5.74) is 8.93. The van der Waals surface area contributed by atoms with Gasteiger partial charge in [0.15, 0.2) is 0 Å². The smallest absolute Gasteiger partial charge is 0.122 e. The van der Waals surface area contributed by atoms with Crippen molar-refractivity contribution in [3.8, 4) is 5.75 Å². The van der Waals surface area contributed by atoms with Gasteiger partial charge in [-0.15, -0.1) is 0 Å². The molecule has 2 N–H and O–H groups in total. The van der Waals surface area contributed by atoms with E-state index < -0.39 is 0 Å². The number of hydrogen-bond acceptors (Lipinski definition) is 3. The van der Waals surface area contributed by atoms with Crippen molar-refractivity contribution in [3.63, 3.8) is 0 Å². The minimum atomic E-state index is 0.143. The molecule has 2 aliphatic heterocycles. The Kier molecular flexibility index (Phi) is 3.04. The molecule has 2 heterocycles. The Morgan fingerprint density at radius 1 is 1.18 bits per heavy atom. The molecule has 0 amide bonds. The van der Waals surface area contributed by atoms with Crippen LogP contribution >= 0.6 is 0 Å². The molecule has 3 rings (SSSR count). The lowest BCUT2D eigenvalue weighted by Gasteiger charge is -2.28. The second-order valence-electron chi connectivity index (χ2n) is 4.94. The van der Waals surface area contributed by atoms with Crippen LogP contribution in [0.5, 0.6) is 5.75 Å². The third-order valence-electron chi connectivity index (χ3n) is 3.87. The number of hydrogen-bond donors (Lipinski definition) is 1. The van der Waals surface area contributed by atoms with E-state index >= 15 is 0 Å². The fraction of sp³-hybridized carbons (Fsp3) is 0.571. The molecule has 3 heteroatoms. The molecule has 0 aliphatic carbocycles. The average Bonchev–Trinajstić information content (AvgIpc) is 2.86. The van der Waals surface area contributed by atoms with Gasteiger partial charge in [-0.3, -0.25) is 0 Å². The van der Waals surface area contributed by atoms with E-state index in [1.54, 1.807) is 0 Å². The van der Waals surface area contributed by atoms with Gasteiger partial charge in [0.2, 0.25) is 0 Å². The van der Waals surface area contributed by atoms with E-state index in [1.807, 2.05) is 0 Å². The molecule has 3 nitrogen and oxygen atoms in total. The van der Waals surface area contributed by atoms with Gasteiger partial charge in [0.1, 0.15) is 5.75 Å². The molecule has 0 radical (unpaired) electrons. The van der Waals surface area contributed by atoms with Crippen molar-refractivity contribution in [2.24, 2.45) is 11.7 Å². The van der Waals surface area contributed by atoms with Gasteiger partial charge in [-0.05, 0) is 36.0 Å². The lowest BCUT2D eigenvalue weighted by Crippen LogP contribution is -2.27. The van der Waals surface area contributed by atoms with Crippen molar-refractivity contribution in [2.45, 2.75) is 25.3 Å². The minimum Gasteiger partial charge on any atom is -0.493 e. The van der Waals surface area contributed by atoms with Crippen molar-refractivity contribution in [1.82, 2.24) is 0 Å². The van der Waals surface area contributed by atoms with E-state index in [9.17, 15) is 0 Å². The second-order valence-corrected chi connectivity index (χ2v) is 4.94. The van der Waals surface area contributed by atoms with E-state index in [1.165, 1.54) is 11.1 Å². The normalized spacial score (nSPS) is 21.9. The Labute approximate surface area is 102 Å². The minimum absolute atomic E-state index is 0.143. The van der Waals surface area contributed by atoms with E-state index in [-0.39, 0.29) is 6.04 Å². The summed E-state index contributed by atoms with van der Waals surface area (Å²) in [6.45, 7) is 2.52. The Balaban J connectivity index is 1.78. The summed E-state index contributed by atoms with van der Waals surface area (Å²) >= 11 is 0. The maximum absolute atomic E-state index is 6.37. The Morgan fingerprint density at radius 2 is 2.00 bits per heavy atom. The number of rotatable bonds is 2. The van der Waals surface area contributed by atoms with E-state index in [0.717, 1.165) is 44.8 Å². The van der Waals surface area contributed by atoms with Crippen molar-refractivity contribution in [3.05, 3.63) is 29.3 Å². The summed E-state index contributed by atoms with van der Waals surface area (Å²) in [6.07, 6.45) is 3.17. The van der Waals surface area contributed by atoms with Crippen molar-refractivity contribution >= 4 is 0 Å². The molecule has 1 fully saturated rings. The number of fused-ring (bicyclic) bond motifs is 1. The van der Waals surface area contributed by atoms with Crippen LogP contribution in [-0.4, -0.2) is 19.8 Å². The van der Waals surface area contributed by atoms with Crippen molar-refractivity contribution < 1.29 is 9.47 Å². The molecule has 0 spiro atoms. The highest BCUT2D eigenvalue weighted by Gasteiger charge is 2.23. The molecule has 2 aliphatic rings. The monoisotopic (exact) mass is 233 g/mol. The van der Waals surface area contributed by atoms with Crippen LogP contribution in [0.4, 0.5) is 0 Å². The van der Waals surface area contributed by atoms with Gasteiger partial charge in [0.05, 0.1) is 6.61 Å². The molecule has 1 atom stereocenters. The summed E-state index contributed by atoms with van der Waals surface area (Å²) in [5, 5.41) is 0. The molecule has 1 saturated heterocycles. The first-order chi connectivity index (χ1) is 8.34. The van der Waals surface area contributed by atoms with Gasteiger partial charge in [0.25, 0.3) is 0 Å². The summed E-state index contributed by atoms with van der Waals surface area (Å²) in [7, 11) is 0. The summed E-state index contributed by atoms with van der Waals surface area (Å²) in [4.78, 5) is 0. The Hall–Kier alpha value is -1.06. The molecule has 0 saturated carbocycles. The topological polar surface area (TPSA) is 44.5 Å². The highest BCUT2D eigenvalue weighted by atomic mass is 16.5. The maximum atomic E-state index is 6.37. The lowest BCUT2D eigenvalue weighted by molar-refractivity contribution is 0.0584. The summed E-state index contributed by atoms with van der Waals surface area (Å²) in [6, 6.07) is 6.55. The van der Waals surface area contributed by atoms with Gasteiger partial charge in [-0.2, -0.15) is 0 Å². The van der Waals surface area contributed by atoms with Crippen molar-refractivity contribution in [1.29, 1.82) is 0 Å². The SMILES string of the molecule is N[C@H](c1ccc2c(c1)CCO2)C1CCOCC1. The molecule has 1 aromatic carbocycles. The quantitative estimate of drug-likeness (QED) is 0.850. The Morgan fingerprint density at radius 3 is 2.82 bits per heavy atom. The maximum Gasteiger partial charge on any atom is 0.122 e. The van der Waals surface area contributed by atoms with E-state index in [4.69, 9.17) is 15.2 Å². The average molecular weight is 233 g/mol. The van der Waals surface area contributed by atoms with Crippen LogP contribution in [0.1, 0.15) is 30.0 Å². The van der Waals surface area contributed by atoms with Gasteiger partial charge in [-0.25, -0.2) is 0 Å². The first-order valence-corrected chi connectivity index (χ1v) is 6.43. The number of nitrogens with two attached hydrogens (primary N) is 1. The van der Waals surface area contributed by atoms with Crippen LogP contribution in [0.25, 0.3) is 0 Å². The molecule has 1 aromatic rings. The van der Waals surface area contributed by atoms with Gasteiger partial charge < -0.3 is 15.2 Å². The fourth-order valence-corrected chi connectivity index (χ4v) is 2.76. The number of ether oxygens (including phenoxy) is 2. The van der Waals surface area contributed by atoms with E-state index in [0.29, 0.717) is 5.92 Å². The molecule has 0 unspecified atom stereocenters. The zero-order chi connectivity index (χ0) is 11.7. The van der Waals surface area contributed by atoms with Crippen LogP contribution in [0.15, 0.2) is 18.2 Å². The fourth-order valence-electron chi connectivity index (χ4n) is 2.76. The predicted molar refractivity (Wildman–Crippen MR) is 66.1 cm³/mol. The summed E-state index contributed by atoms with van der Waals surface area (Å²) < 4.78 is 10.9. The molecular formula is C14H19NO2. The standard InChI is InChI=1S/C14H19NO2/c15-14(10-3-6-16-7-4-10)12-1-2-13-11(9-12)5-8-17-13/h1-2,9-10,14H,3-8,15H2/t14-/m0/s1. The van der Waals surface area contributed by atoms with Crippen LogP contribution < -0.4 is 10.5 Å². The van der Waals surface area contributed by atoms with Crippen LogP contribution in [0.3, 0.4) is 0 Å². The predicted octanol–water partition coefficient (Wildman–Crippen LogP) is 2.05. The number of benzene rings is 1. The zero-order valence-corrected chi connectivity index (χ0v) is 10.0. The lowest BCUT2D eigenvalue weighted by atomic mass is 9.87. The third-order valence-corrected chi connectivity index (χ3v) is 3.87. The van der Waals surface area contributed by atoms with Gasteiger partial charge >= 0.3 is 0 Å². The largest absolute Gasteiger partial charge is 0.493 e. The molecule has 0 bridgehead atoms.